The van der Waals surface area contributed by atoms with Crippen LogP contribution in [0.15, 0.2) is 34.2 Å². The molecule has 0 fully saturated rings. The van der Waals surface area contributed by atoms with Crippen LogP contribution in [0.3, 0.4) is 0 Å². The monoisotopic (exact) mass is 391 g/mol. The maximum atomic E-state index is 12.5. The number of hydrogen-bond donors (Lipinski definition) is 2. The second kappa shape index (κ2) is 9.83. The van der Waals surface area contributed by atoms with Gasteiger partial charge in [0.25, 0.3) is 5.56 Å². The number of anilines is 1. The molecule has 2 rings (SSSR count). The summed E-state index contributed by atoms with van der Waals surface area (Å²) in [6.45, 7) is 7.87. The standard InChI is InChI=1S/C19H25N3O2S2/c1-5-9-25-11-15-10-16(23)21-19(20-15)26-14(4)18(24)22-17-12(2)7-6-8-13(17)3/h6-8,10,14H,5,9,11H2,1-4H3,(H,22,24)(H,20,21,23). The predicted molar refractivity (Wildman–Crippen MR) is 111 cm³/mol. The van der Waals surface area contributed by atoms with Crippen molar-refractivity contribution >= 4 is 35.1 Å². The Labute approximate surface area is 162 Å². The van der Waals surface area contributed by atoms with Gasteiger partial charge in [0.15, 0.2) is 5.16 Å². The van der Waals surface area contributed by atoms with E-state index < -0.39 is 0 Å². The van der Waals surface area contributed by atoms with Crippen LogP contribution in [0.4, 0.5) is 5.69 Å². The van der Waals surface area contributed by atoms with Gasteiger partial charge >= 0.3 is 0 Å². The van der Waals surface area contributed by atoms with Crippen LogP contribution >= 0.6 is 23.5 Å². The minimum absolute atomic E-state index is 0.110. The molecule has 0 bridgehead atoms. The van der Waals surface area contributed by atoms with Gasteiger partial charge in [-0.15, -0.1) is 0 Å². The van der Waals surface area contributed by atoms with Crippen molar-refractivity contribution in [2.45, 2.75) is 50.3 Å². The summed E-state index contributed by atoms with van der Waals surface area (Å²) in [5.74, 6) is 1.63. The van der Waals surface area contributed by atoms with Crippen LogP contribution in [0.1, 0.15) is 37.1 Å². The molecule has 0 spiro atoms. The molecule has 0 radical (unpaired) electrons. The summed E-state index contributed by atoms with van der Waals surface area (Å²) in [6, 6.07) is 7.43. The van der Waals surface area contributed by atoms with E-state index in [-0.39, 0.29) is 16.7 Å². The van der Waals surface area contributed by atoms with Crippen LogP contribution in [-0.2, 0) is 10.5 Å². The zero-order chi connectivity index (χ0) is 19.1. The summed E-state index contributed by atoms with van der Waals surface area (Å²) < 4.78 is 0. The Bertz CT molecular complexity index is 800. The summed E-state index contributed by atoms with van der Waals surface area (Å²) in [6.07, 6.45) is 1.09. The van der Waals surface area contributed by atoms with E-state index in [1.54, 1.807) is 11.8 Å². The van der Waals surface area contributed by atoms with Crippen molar-refractivity contribution in [3.8, 4) is 0 Å². The van der Waals surface area contributed by atoms with Crippen LogP contribution in [-0.4, -0.2) is 26.9 Å². The molecule has 26 heavy (non-hydrogen) atoms. The lowest BCUT2D eigenvalue weighted by atomic mass is 10.1. The van der Waals surface area contributed by atoms with Crippen LogP contribution in [0.2, 0.25) is 0 Å². The van der Waals surface area contributed by atoms with Gasteiger partial charge in [-0.3, -0.25) is 9.59 Å². The molecular formula is C19H25N3O2S2. The first-order valence-corrected chi connectivity index (χ1v) is 10.7. The fourth-order valence-electron chi connectivity index (χ4n) is 2.39. The van der Waals surface area contributed by atoms with E-state index in [4.69, 9.17) is 0 Å². The summed E-state index contributed by atoms with van der Waals surface area (Å²) >= 11 is 3.01. The van der Waals surface area contributed by atoms with E-state index in [1.807, 2.05) is 39.0 Å². The smallest absolute Gasteiger partial charge is 0.251 e. The van der Waals surface area contributed by atoms with Gasteiger partial charge in [-0.1, -0.05) is 36.9 Å². The molecule has 1 heterocycles. The van der Waals surface area contributed by atoms with Gasteiger partial charge in [-0.2, -0.15) is 11.8 Å². The number of H-pyrrole nitrogens is 1. The number of para-hydroxylation sites is 1. The Morgan fingerprint density at radius 2 is 2.00 bits per heavy atom. The predicted octanol–water partition coefficient (Wildman–Crippen LogP) is 4.15. The SMILES string of the molecule is CCCSCc1cc(=O)[nH]c(SC(C)C(=O)Nc2c(C)cccc2C)n1. The van der Waals surface area contributed by atoms with Crippen LogP contribution in [0.25, 0.3) is 0 Å². The molecule has 2 aromatic rings. The van der Waals surface area contributed by atoms with Crippen molar-refractivity contribution in [3.63, 3.8) is 0 Å². The number of carbonyl (C=O) groups is 1. The lowest BCUT2D eigenvalue weighted by Crippen LogP contribution is -2.24. The zero-order valence-corrected chi connectivity index (χ0v) is 17.2. The van der Waals surface area contributed by atoms with E-state index >= 15 is 0 Å². The Balaban J connectivity index is 2.05. The summed E-state index contributed by atoms with van der Waals surface area (Å²) in [4.78, 5) is 31.6. The van der Waals surface area contributed by atoms with Gasteiger partial charge < -0.3 is 10.3 Å². The van der Waals surface area contributed by atoms with Crippen molar-refractivity contribution < 1.29 is 4.79 Å². The number of rotatable bonds is 8. The minimum Gasteiger partial charge on any atom is -0.325 e. The van der Waals surface area contributed by atoms with Crippen molar-refractivity contribution in [2.24, 2.45) is 0 Å². The van der Waals surface area contributed by atoms with Crippen molar-refractivity contribution in [2.75, 3.05) is 11.1 Å². The number of nitrogens with zero attached hydrogens (tertiary/aromatic N) is 1. The van der Waals surface area contributed by atoms with Crippen LogP contribution < -0.4 is 10.9 Å². The molecule has 1 atom stereocenters. The molecule has 5 nitrogen and oxygen atoms in total. The molecule has 7 heteroatoms. The molecule has 0 aliphatic rings. The first kappa shape index (κ1) is 20.6. The van der Waals surface area contributed by atoms with E-state index in [1.165, 1.54) is 17.8 Å². The molecule has 0 saturated heterocycles. The van der Waals surface area contributed by atoms with Gasteiger partial charge in [0, 0.05) is 17.5 Å². The second-order valence-corrected chi connectivity index (χ2v) is 8.55. The van der Waals surface area contributed by atoms with E-state index in [2.05, 4.69) is 22.2 Å². The molecule has 1 aromatic carbocycles. The average molecular weight is 392 g/mol. The summed E-state index contributed by atoms with van der Waals surface area (Å²) in [7, 11) is 0. The number of aromatic nitrogens is 2. The highest BCUT2D eigenvalue weighted by Crippen LogP contribution is 2.24. The lowest BCUT2D eigenvalue weighted by molar-refractivity contribution is -0.115. The third-order valence-corrected chi connectivity index (χ3v) is 5.94. The van der Waals surface area contributed by atoms with Crippen LogP contribution in [0.5, 0.6) is 0 Å². The van der Waals surface area contributed by atoms with Gasteiger partial charge in [0.2, 0.25) is 5.91 Å². The number of amides is 1. The summed E-state index contributed by atoms with van der Waals surface area (Å²) in [5.41, 5.74) is 3.46. The number of thioether (sulfide) groups is 2. The Morgan fingerprint density at radius 3 is 2.65 bits per heavy atom. The van der Waals surface area contributed by atoms with Crippen molar-refractivity contribution in [1.82, 2.24) is 9.97 Å². The molecule has 1 unspecified atom stereocenters. The molecule has 1 amide bonds. The fraction of sp³-hybridized carbons (Fsp3) is 0.421. The molecule has 2 N–H and O–H groups in total. The highest BCUT2D eigenvalue weighted by molar-refractivity contribution is 8.00. The number of benzene rings is 1. The third kappa shape index (κ3) is 5.92. The normalized spacial score (nSPS) is 12.0. The quantitative estimate of drug-likeness (QED) is 0.402. The maximum absolute atomic E-state index is 12.5. The first-order valence-electron chi connectivity index (χ1n) is 8.62. The highest BCUT2D eigenvalue weighted by Gasteiger charge is 2.18. The maximum Gasteiger partial charge on any atom is 0.251 e. The Kier molecular flexibility index (Phi) is 7.78. The highest BCUT2D eigenvalue weighted by atomic mass is 32.2. The Hall–Kier alpha value is -1.73. The zero-order valence-electron chi connectivity index (χ0n) is 15.6. The first-order chi connectivity index (χ1) is 12.4. The molecule has 0 aliphatic carbocycles. The third-order valence-electron chi connectivity index (χ3n) is 3.76. The van der Waals surface area contributed by atoms with E-state index in [0.29, 0.717) is 10.9 Å². The van der Waals surface area contributed by atoms with Gasteiger partial charge in [0.1, 0.15) is 0 Å². The largest absolute Gasteiger partial charge is 0.325 e. The molecule has 140 valence electrons. The molecular weight excluding hydrogens is 366 g/mol. The van der Waals surface area contributed by atoms with Gasteiger partial charge in [-0.05, 0) is 44.1 Å². The number of aryl methyl sites for hydroxylation is 2. The second-order valence-electron chi connectivity index (χ2n) is 6.11. The topological polar surface area (TPSA) is 74.8 Å². The molecule has 0 aliphatic heterocycles. The summed E-state index contributed by atoms with van der Waals surface area (Å²) in [5, 5.41) is 3.09. The number of nitrogens with one attached hydrogen (secondary N) is 2. The van der Waals surface area contributed by atoms with E-state index in [9.17, 15) is 9.59 Å². The molecule has 0 saturated carbocycles. The van der Waals surface area contributed by atoms with E-state index in [0.717, 1.165) is 34.7 Å². The minimum atomic E-state index is -0.379. The average Bonchev–Trinajstić information content (AvgIpc) is 2.58. The van der Waals surface area contributed by atoms with Crippen molar-refractivity contribution in [1.29, 1.82) is 0 Å². The van der Waals surface area contributed by atoms with Crippen molar-refractivity contribution in [3.05, 3.63) is 51.4 Å². The number of aromatic amines is 1. The molecule has 1 aromatic heterocycles. The fourth-order valence-corrected chi connectivity index (χ4v) is 4.01. The number of hydrogen-bond acceptors (Lipinski definition) is 5. The van der Waals surface area contributed by atoms with Gasteiger partial charge in [-0.25, -0.2) is 4.98 Å². The van der Waals surface area contributed by atoms with Crippen LogP contribution in [0, 0.1) is 13.8 Å². The lowest BCUT2D eigenvalue weighted by Gasteiger charge is -2.15. The number of carbonyl (C=O) groups excluding carboxylic acids is 1. The Morgan fingerprint density at radius 1 is 1.31 bits per heavy atom. The van der Waals surface area contributed by atoms with Gasteiger partial charge in [0.05, 0.1) is 10.9 Å².